The number of anilines is 1. The second-order valence-electron chi connectivity index (χ2n) is 3.88. The number of carboxylic acid groups (broad SMARTS) is 1. The van der Waals surface area contributed by atoms with Crippen molar-refractivity contribution in [2.75, 3.05) is 5.32 Å². The molecule has 2 aromatic rings. The Kier molecular flexibility index (Phi) is 3.92. The summed E-state index contributed by atoms with van der Waals surface area (Å²) in [5.74, 6) is -0.672. The summed E-state index contributed by atoms with van der Waals surface area (Å²) >= 11 is 0. The first-order valence-electron chi connectivity index (χ1n) is 5.66. The standard InChI is InChI=1S/C13H12N2O4/c16-12(5-6-13(17)18)15-10-3-1-9(2-4-10)11-7-14-8-19-11/h1-4,7-8H,5-6H2,(H,15,16)(H,17,18). The number of carbonyl (C=O) groups is 2. The number of nitrogens with one attached hydrogen (secondary N) is 1. The number of rotatable bonds is 5. The molecule has 0 aliphatic rings. The van der Waals surface area contributed by atoms with Gasteiger partial charge in [0, 0.05) is 17.7 Å². The van der Waals surface area contributed by atoms with Gasteiger partial charge in [-0.3, -0.25) is 9.59 Å². The lowest BCUT2D eigenvalue weighted by atomic mass is 10.1. The van der Waals surface area contributed by atoms with E-state index in [1.54, 1.807) is 30.5 Å². The summed E-state index contributed by atoms with van der Waals surface area (Å²) in [6.45, 7) is 0. The quantitative estimate of drug-likeness (QED) is 0.859. The minimum atomic E-state index is -0.990. The van der Waals surface area contributed by atoms with Crippen LogP contribution in [0.25, 0.3) is 11.3 Å². The summed E-state index contributed by atoms with van der Waals surface area (Å²) in [7, 11) is 0. The molecule has 6 heteroatoms. The molecule has 98 valence electrons. The van der Waals surface area contributed by atoms with Gasteiger partial charge in [-0.2, -0.15) is 0 Å². The molecule has 1 aromatic heterocycles. The molecule has 0 fully saturated rings. The van der Waals surface area contributed by atoms with E-state index < -0.39 is 5.97 Å². The van der Waals surface area contributed by atoms with E-state index in [1.807, 2.05) is 0 Å². The van der Waals surface area contributed by atoms with Crippen molar-refractivity contribution >= 4 is 17.6 Å². The Bertz CT molecular complexity index is 561. The summed E-state index contributed by atoms with van der Waals surface area (Å²) in [5.41, 5.74) is 1.46. The smallest absolute Gasteiger partial charge is 0.303 e. The highest BCUT2D eigenvalue weighted by Gasteiger charge is 2.06. The zero-order valence-electron chi connectivity index (χ0n) is 10.00. The first-order chi connectivity index (χ1) is 9.15. The second kappa shape index (κ2) is 5.81. The zero-order valence-corrected chi connectivity index (χ0v) is 10.00. The maximum absolute atomic E-state index is 11.4. The number of nitrogens with zero attached hydrogens (tertiary/aromatic N) is 1. The molecule has 6 nitrogen and oxygen atoms in total. The van der Waals surface area contributed by atoms with E-state index in [4.69, 9.17) is 9.52 Å². The molecule has 0 aliphatic carbocycles. The minimum Gasteiger partial charge on any atom is -0.481 e. The predicted octanol–water partition coefficient (Wildman–Crippen LogP) is 2.14. The largest absolute Gasteiger partial charge is 0.481 e. The van der Waals surface area contributed by atoms with Crippen LogP contribution in [0.5, 0.6) is 0 Å². The van der Waals surface area contributed by atoms with Crippen LogP contribution in [0.3, 0.4) is 0 Å². The monoisotopic (exact) mass is 260 g/mol. The van der Waals surface area contributed by atoms with Gasteiger partial charge in [-0.15, -0.1) is 0 Å². The van der Waals surface area contributed by atoms with Gasteiger partial charge in [0.15, 0.2) is 12.2 Å². The minimum absolute atomic E-state index is 0.0425. The molecule has 19 heavy (non-hydrogen) atoms. The van der Waals surface area contributed by atoms with Crippen molar-refractivity contribution in [3.8, 4) is 11.3 Å². The summed E-state index contributed by atoms with van der Waals surface area (Å²) < 4.78 is 5.14. The summed E-state index contributed by atoms with van der Waals surface area (Å²) in [5, 5.41) is 11.1. The number of hydrogen-bond acceptors (Lipinski definition) is 4. The van der Waals surface area contributed by atoms with Gasteiger partial charge in [-0.05, 0) is 24.3 Å². The Balaban J connectivity index is 1.95. The molecule has 0 aliphatic heterocycles. The molecule has 2 rings (SSSR count). The number of aromatic nitrogens is 1. The van der Waals surface area contributed by atoms with Crippen LogP contribution in [0.4, 0.5) is 5.69 Å². The molecule has 0 radical (unpaired) electrons. The summed E-state index contributed by atoms with van der Waals surface area (Å²) in [4.78, 5) is 25.6. The van der Waals surface area contributed by atoms with Crippen LogP contribution in [0.1, 0.15) is 12.8 Å². The molecule has 1 heterocycles. The third-order valence-corrected chi connectivity index (χ3v) is 2.45. The number of benzene rings is 1. The molecule has 0 atom stereocenters. The van der Waals surface area contributed by atoms with Crippen molar-refractivity contribution < 1.29 is 19.1 Å². The van der Waals surface area contributed by atoms with Crippen molar-refractivity contribution in [3.63, 3.8) is 0 Å². The number of amides is 1. The van der Waals surface area contributed by atoms with E-state index >= 15 is 0 Å². The Morgan fingerprint density at radius 3 is 2.53 bits per heavy atom. The third-order valence-electron chi connectivity index (χ3n) is 2.45. The van der Waals surface area contributed by atoms with Gasteiger partial charge >= 0.3 is 5.97 Å². The van der Waals surface area contributed by atoms with Crippen molar-refractivity contribution in [1.29, 1.82) is 0 Å². The van der Waals surface area contributed by atoms with Gasteiger partial charge in [0.1, 0.15) is 0 Å². The fourth-order valence-corrected chi connectivity index (χ4v) is 1.52. The molecule has 0 saturated carbocycles. The number of oxazole rings is 1. The highest BCUT2D eigenvalue weighted by atomic mass is 16.4. The van der Waals surface area contributed by atoms with E-state index in [1.165, 1.54) is 6.39 Å². The van der Waals surface area contributed by atoms with Gasteiger partial charge in [0.2, 0.25) is 5.91 Å². The molecule has 1 amide bonds. The number of hydrogen-bond donors (Lipinski definition) is 2. The van der Waals surface area contributed by atoms with Crippen LogP contribution in [0.2, 0.25) is 0 Å². The van der Waals surface area contributed by atoms with E-state index in [-0.39, 0.29) is 18.7 Å². The lowest BCUT2D eigenvalue weighted by Crippen LogP contribution is -2.12. The van der Waals surface area contributed by atoms with Crippen molar-refractivity contribution in [2.24, 2.45) is 0 Å². The molecule has 0 saturated heterocycles. The van der Waals surface area contributed by atoms with Gasteiger partial charge in [0.25, 0.3) is 0 Å². The van der Waals surface area contributed by atoms with Gasteiger partial charge in [-0.25, -0.2) is 4.98 Å². The lowest BCUT2D eigenvalue weighted by molar-refractivity contribution is -0.138. The maximum atomic E-state index is 11.4. The average molecular weight is 260 g/mol. The van der Waals surface area contributed by atoms with Gasteiger partial charge < -0.3 is 14.8 Å². The predicted molar refractivity (Wildman–Crippen MR) is 67.4 cm³/mol. The highest BCUT2D eigenvalue weighted by Crippen LogP contribution is 2.20. The van der Waals surface area contributed by atoms with Crippen LogP contribution < -0.4 is 5.32 Å². The molecule has 1 aromatic carbocycles. The van der Waals surface area contributed by atoms with Crippen molar-refractivity contribution in [2.45, 2.75) is 12.8 Å². The molecule has 2 N–H and O–H groups in total. The lowest BCUT2D eigenvalue weighted by Gasteiger charge is -2.04. The van der Waals surface area contributed by atoms with E-state index in [0.717, 1.165) is 5.56 Å². The average Bonchev–Trinajstić information content (AvgIpc) is 2.91. The van der Waals surface area contributed by atoms with E-state index in [9.17, 15) is 9.59 Å². The van der Waals surface area contributed by atoms with E-state index in [0.29, 0.717) is 11.4 Å². The van der Waals surface area contributed by atoms with Crippen molar-refractivity contribution in [1.82, 2.24) is 4.98 Å². The van der Waals surface area contributed by atoms with Crippen LogP contribution in [0.15, 0.2) is 41.3 Å². The topological polar surface area (TPSA) is 92.4 Å². The first-order valence-corrected chi connectivity index (χ1v) is 5.66. The summed E-state index contributed by atoms with van der Waals surface area (Å²) in [6, 6.07) is 7.01. The molecule has 0 spiro atoms. The fourth-order valence-electron chi connectivity index (χ4n) is 1.52. The van der Waals surface area contributed by atoms with E-state index in [2.05, 4.69) is 10.3 Å². The highest BCUT2D eigenvalue weighted by molar-refractivity contribution is 5.92. The third kappa shape index (κ3) is 3.67. The Morgan fingerprint density at radius 2 is 1.95 bits per heavy atom. The summed E-state index contributed by atoms with van der Waals surface area (Å²) in [6.07, 6.45) is 2.72. The zero-order chi connectivity index (χ0) is 13.7. The molecule has 0 bridgehead atoms. The number of aliphatic carboxylic acids is 1. The van der Waals surface area contributed by atoms with Crippen LogP contribution in [-0.2, 0) is 9.59 Å². The van der Waals surface area contributed by atoms with Gasteiger partial charge in [0.05, 0.1) is 12.6 Å². The second-order valence-corrected chi connectivity index (χ2v) is 3.88. The SMILES string of the molecule is O=C(O)CCC(=O)Nc1ccc(-c2cnco2)cc1. The van der Waals surface area contributed by atoms with Gasteiger partial charge in [-0.1, -0.05) is 0 Å². The van der Waals surface area contributed by atoms with Crippen LogP contribution in [0, 0.1) is 0 Å². The maximum Gasteiger partial charge on any atom is 0.303 e. The fraction of sp³-hybridized carbons (Fsp3) is 0.154. The first kappa shape index (κ1) is 12.8. The normalized spacial score (nSPS) is 10.1. The Hall–Kier alpha value is -2.63. The molecule has 0 unspecified atom stereocenters. The Morgan fingerprint density at radius 1 is 1.21 bits per heavy atom. The van der Waals surface area contributed by atoms with Crippen LogP contribution >= 0.6 is 0 Å². The molecular formula is C13H12N2O4. The number of carbonyl (C=O) groups excluding carboxylic acids is 1. The molecular weight excluding hydrogens is 248 g/mol. The van der Waals surface area contributed by atoms with Crippen LogP contribution in [-0.4, -0.2) is 22.0 Å². The Labute approximate surface area is 109 Å². The van der Waals surface area contributed by atoms with Crippen molar-refractivity contribution in [3.05, 3.63) is 36.9 Å². The number of carboxylic acids is 1.